The predicted molar refractivity (Wildman–Crippen MR) is 77.7 cm³/mol. The summed E-state index contributed by atoms with van der Waals surface area (Å²) in [6.45, 7) is 2.23. The molecule has 0 bridgehead atoms. The highest BCUT2D eigenvalue weighted by molar-refractivity contribution is 5.70. The van der Waals surface area contributed by atoms with Crippen LogP contribution in [-0.2, 0) is 17.8 Å². The van der Waals surface area contributed by atoms with E-state index in [1.165, 1.54) is 0 Å². The molecule has 0 saturated carbocycles. The van der Waals surface area contributed by atoms with E-state index in [9.17, 15) is 4.79 Å². The van der Waals surface area contributed by atoms with Crippen molar-refractivity contribution in [2.45, 2.75) is 20.0 Å². The number of carboxylic acids is 1. The average molecular weight is 271 g/mol. The van der Waals surface area contributed by atoms with Crippen molar-refractivity contribution < 1.29 is 14.6 Å². The Morgan fingerprint density at radius 3 is 2.50 bits per heavy atom. The molecule has 4 nitrogen and oxygen atoms in total. The molecule has 2 aromatic carbocycles. The minimum absolute atomic E-state index is 0.0111. The van der Waals surface area contributed by atoms with E-state index in [1.807, 2.05) is 37.3 Å². The normalized spacial score (nSPS) is 10.2. The van der Waals surface area contributed by atoms with Crippen LogP contribution in [0.15, 0.2) is 42.5 Å². The standard InChI is InChI=1S/C16H17NO3/c1-11-5-4-8-14(17)16(11)20-10-13-7-3-2-6-12(13)9-15(18)19/h2-8H,9-10,17H2,1H3,(H,18,19). The summed E-state index contributed by atoms with van der Waals surface area (Å²) in [6.07, 6.45) is -0.0111. The second kappa shape index (κ2) is 6.10. The number of anilines is 1. The Labute approximate surface area is 117 Å². The van der Waals surface area contributed by atoms with Crippen LogP contribution >= 0.6 is 0 Å². The smallest absolute Gasteiger partial charge is 0.307 e. The van der Waals surface area contributed by atoms with E-state index in [2.05, 4.69) is 0 Å². The quantitative estimate of drug-likeness (QED) is 0.820. The lowest BCUT2D eigenvalue weighted by Crippen LogP contribution is -2.07. The van der Waals surface area contributed by atoms with Crippen LogP contribution in [0.3, 0.4) is 0 Å². The van der Waals surface area contributed by atoms with E-state index in [0.717, 1.165) is 16.7 Å². The maximum atomic E-state index is 10.8. The van der Waals surface area contributed by atoms with Gasteiger partial charge in [-0.3, -0.25) is 4.79 Å². The number of carboxylic acid groups (broad SMARTS) is 1. The van der Waals surface area contributed by atoms with Crippen molar-refractivity contribution in [2.75, 3.05) is 5.73 Å². The molecular weight excluding hydrogens is 254 g/mol. The Bertz CT molecular complexity index is 603. The third-order valence-corrected chi connectivity index (χ3v) is 3.07. The highest BCUT2D eigenvalue weighted by atomic mass is 16.5. The molecule has 0 unspecified atom stereocenters. The zero-order chi connectivity index (χ0) is 14.5. The Kier molecular flexibility index (Phi) is 4.25. The summed E-state index contributed by atoms with van der Waals surface area (Å²) < 4.78 is 5.76. The van der Waals surface area contributed by atoms with Gasteiger partial charge in [0.1, 0.15) is 12.4 Å². The van der Waals surface area contributed by atoms with Gasteiger partial charge in [-0.1, -0.05) is 36.4 Å². The molecule has 0 aromatic heterocycles. The summed E-state index contributed by atoms with van der Waals surface area (Å²) in [7, 11) is 0. The number of nitrogens with two attached hydrogens (primary N) is 1. The van der Waals surface area contributed by atoms with Crippen LogP contribution in [0.1, 0.15) is 16.7 Å². The van der Waals surface area contributed by atoms with Crippen LogP contribution in [0.4, 0.5) is 5.69 Å². The van der Waals surface area contributed by atoms with Crippen LogP contribution in [0.5, 0.6) is 5.75 Å². The monoisotopic (exact) mass is 271 g/mol. The lowest BCUT2D eigenvalue weighted by atomic mass is 10.1. The van der Waals surface area contributed by atoms with Gasteiger partial charge in [-0.25, -0.2) is 0 Å². The summed E-state index contributed by atoms with van der Waals surface area (Å²) in [6, 6.07) is 12.9. The van der Waals surface area contributed by atoms with Gasteiger partial charge in [0.15, 0.2) is 0 Å². The minimum atomic E-state index is -0.854. The maximum absolute atomic E-state index is 10.8. The van der Waals surface area contributed by atoms with Crippen LogP contribution in [-0.4, -0.2) is 11.1 Å². The van der Waals surface area contributed by atoms with Gasteiger partial charge in [-0.05, 0) is 29.7 Å². The van der Waals surface area contributed by atoms with Crippen LogP contribution < -0.4 is 10.5 Å². The summed E-state index contributed by atoms with van der Waals surface area (Å²) in [5.74, 6) is -0.203. The van der Waals surface area contributed by atoms with Crippen molar-refractivity contribution in [3.63, 3.8) is 0 Å². The largest absolute Gasteiger partial charge is 0.486 e. The fourth-order valence-corrected chi connectivity index (χ4v) is 2.06. The molecule has 104 valence electrons. The molecule has 0 atom stereocenters. The van der Waals surface area contributed by atoms with Crippen LogP contribution in [0, 0.1) is 6.92 Å². The predicted octanol–water partition coefficient (Wildman–Crippen LogP) is 2.78. The summed E-state index contributed by atoms with van der Waals surface area (Å²) in [5.41, 5.74) is 9.04. The van der Waals surface area contributed by atoms with Gasteiger partial charge < -0.3 is 15.6 Å². The number of aliphatic carboxylic acids is 1. The second-order valence-corrected chi connectivity index (χ2v) is 4.62. The van der Waals surface area contributed by atoms with Gasteiger partial charge in [0.25, 0.3) is 0 Å². The lowest BCUT2D eigenvalue weighted by Gasteiger charge is -2.13. The first kappa shape index (κ1) is 13.9. The molecule has 2 rings (SSSR count). The molecule has 0 aliphatic rings. The zero-order valence-electron chi connectivity index (χ0n) is 11.3. The molecule has 0 aliphatic carbocycles. The molecular formula is C16H17NO3. The molecule has 0 radical (unpaired) electrons. The van der Waals surface area contributed by atoms with E-state index in [0.29, 0.717) is 18.0 Å². The lowest BCUT2D eigenvalue weighted by molar-refractivity contribution is -0.136. The first-order valence-corrected chi connectivity index (χ1v) is 6.34. The number of aryl methyl sites for hydroxylation is 1. The Balaban J connectivity index is 2.17. The van der Waals surface area contributed by atoms with E-state index >= 15 is 0 Å². The van der Waals surface area contributed by atoms with Gasteiger partial charge in [0, 0.05) is 0 Å². The number of rotatable bonds is 5. The minimum Gasteiger partial charge on any atom is -0.486 e. The van der Waals surface area contributed by atoms with E-state index in [4.69, 9.17) is 15.6 Å². The van der Waals surface area contributed by atoms with Crippen LogP contribution in [0.2, 0.25) is 0 Å². The molecule has 3 N–H and O–H groups in total. The summed E-state index contributed by atoms with van der Waals surface area (Å²) >= 11 is 0. The molecule has 0 aliphatic heterocycles. The first-order chi connectivity index (χ1) is 9.58. The van der Waals surface area contributed by atoms with Crippen molar-refractivity contribution in [3.8, 4) is 5.75 Å². The van der Waals surface area contributed by atoms with E-state index in [1.54, 1.807) is 12.1 Å². The summed E-state index contributed by atoms with van der Waals surface area (Å²) in [5, 5.41) is 8.90. The molecule has 0 fully saturated rings. The fourth-order valence-electron chi connectivity index (χ4n) is 2.06. The summed E-state index contributed by atoms with van der Waals surface area (Å²) in [4.78, 5) is 10.8. The molecule has 0 amide bonds. The van der Waals surface area contributed by atoms with Crippen molar-refractivity contribution >= 4 is 11.7 Å². The van der Waals surface area contributed by atoms with E-state index in [-0.39, 0.29) is 6.42 Å². The SMILES string of the molecule is Cc1cccc(N)c1OCc1ccccc1CC(=O)O. The number of benzene rings is 2. The maximum Gasteiger partial charge on any atom is 0.307 e. The van der Waals surface area contributed by atoms with Crippen molar-refractivity contribution in [1.82, 2.24) is 0 Å². The number of para-hydroxylation sites is 1. The van der Waals surface area contributed by atoms with Crippen molar-refractivity contribution in [2.24, 2.45) is 0 Å². The first-order valence-electron chi connectivity index (χ1n) is 6.34. The Hall–Kier alpha value is -2.49. The van der Waals surface area contributed by atoms with Crippen LogP contribution in [0.25, 0.3) is 0 Å². The van der Waals surface area contributed by atoms with Gasteiger partial charge in [-0.2, -0.15) is 0 Å². The topological polar surface area (TPSA) is 72.5 Å². The van der Waals surface area contributed by atoms with Gasteiger partial charge in [-0.15, -0.1) is 0 Å². The van der Waals surface area contributed by atoms with Crippen molar-refractivity contribution in [1.29, 1.82) is 0 Å². The molecule has 4 heteroatoms. The molecule has 2 aromatic rings. The number of ether oxygens (including phenoxy) is 1. The van der Waals surface area contributed by atoms with E-state index < -0.39 is 5.97 Å². The fraction of sp³-hybridized carbons (Fsp3) is 0.188. The number of carbonyl (C=O) groups is 1. The number of hydrogen-bond acceptors (Lipinski definition) is 3. The molecule has 0 saturated heterocycles. The molecule has 0 heterocycles. The second-order valence-electron chi connectivity index (χ2n) is 4.62. The highest BCUT2D eigenvalue weighted by Crippen LogP contribution is 2.26. The number of nitrogen functional groups attached to an aromatic ring is 1. The van der Waals surface area contributed by atoms with Crippen molar-refractivity contribution in [3.05, 3.63) is 59.2 Å². The highest BCUT2D eigenvalue weighted by Gasteiger charge is 2.09. The third-order valence-electron chi connectivity index (χ3n) is 3.07. The average Bonchev–Trinajstić information content (AvgIpc) is 2.39. The van der Waals surface area contributed by atoms with Gasteiger partial charge in [0.05, 0.1) is 12.1 Å². The third kappa shape index (κ3) is 3.29. The Morgan fingerprint density at radius 2 is 1.85 bits per heavy atom. The van der Waals surface area contributed by atoms with Gasteiger partial charge >= 0.3 is 5.97 Å². The Morgan fingerprint density at radius 1 is 1.15 bits per heavy atom. The molecule has 20 heavy (non-hydrogen) atoms. The molecule has 0 spiro atoms. The zero-order valence-corrected chi connectivity index (χ0v) is 11.3. The van der Waals surface area contributed by atoms with Gasteiger partial charge in [0.2, 0.25) is 0 Å². The number of hydrogen-bond donors (Lipinski definition) is 2.